The highest BCUT2D eigenvalue weighted by molar-refractivity contribution is 5.92. The molecule has 1 atom stereocenters. The molecule has 0 saturated heterocycles. The molecule has 0 aliphatic rings. The van der Waals surface area contributed by atoms with E-state index in [0.29, 0.717) is 5.82 Å². The molecule has 0 radical (unpaired) electrons. The van der Waals surface area contributed by atoms with Crippen LogP contribution in [0, 0.1) is 5.92 Å². The molecule has 0 aromatic carbocycles. The highest BCUT2D eigenvalue weighted by Gasteiger charge is 2.23. The highest BCUT2D eigenvalue weighted by atomic mass is 16.2. The van der Waals surface area contributed by atoms with Gasteiger partial charge >= 0.3 is 0 Å². The summed E-state index contributed by atoms with van der Waals surface area (Å²) >= 11 is 0. The third-order valence-electron chi connectivity index (χ3n) is 3.17. The Morgan fingerprint density at radius 1 is 1.24 bits per heavy atom. The molecule has 2 rings (SSSR count). The normalized spacial score (nSPS) is 12.4. The van der Waals surface area contributed by atoms with Gasteiger partial charge in [0.25, 0.3) is 11.5 Å². The fraction of sp³-hybridized carbons (Fsp3) is 0.462. The van der Waals surface area contributed by atoms with Crippen LogP contribution in [0.1, 0.15) is 36.2 Å². The lowest BCUT2D eigenvalue weighted by Gasteiger charge is -2.21. The third kappa shape index (κ3) is 3.15. The SMILES string of the molecule is CC(C)C(NC(=O)c1ccc(=O)n(C)n1)c1ncnn1C. The van der Waals surface area contributed by atoms with Crippen molar-refractivity contribution in [1.82, 2.24) is 29.9 Å². The molecule has 1 amide bonds. The van der Waals surface area contributed by atoms with Gasteiger partial charge in [-0.05, 0) is 12.0 Å². The zero-order valence-electron chi connectivity index (χ0n) is 12.4. The molecular weight excluding hydrogens is 272 g/mol. The minimum atomic E-state index is -0.354. The van der Waals surface area contributed by atoms with Crippen molar-refractivity contribution in [3.63, 3.8) is 0 Å². The predicted molar refractivity (Wildman–Crippen MR) is 75.5 cm³/mol. The van der Waals surface area contributed by atoms with E-state index in [1.807, 2.05) is 13.8 Å². The van der Waals surface area contributed by atoms with Crippen LogP contribution in [0.3, 0.4) is 0 Å². The van der Waals surface area contributed by atoms with Crippen molar-refractivity contribution in [3.8, 4) is 0 Å². The summed E-state index contributed by atoms with van der Waals surface area (Å²) < 4.78 is 2.75. The number of nitrogens with zero attached hydrogens (tertiary/aromatic N) is 5. The van der Waals surface area contributed by atoms with Crippen LogP contribution in [0.4, 0.5) is 0 Å². The fourth-order valence-corrected chi connectivity index (χ4v) is 1.95. The van der Waals surface area contributed by atoms with Gasteiger partial charge in [-0.2, -0.15) is 10.2 Å². The predicted octanol–water partition coefficient (Wildman–Crippen LogP) is 0.0359. The van der Waals surface area contributed by atoms with Crippen LogP contribution in [-0.4, -0.2) is 30.5 Å². The minimum absolute atomic E-state index is 0.129. The smallest absolute Gasteiger partial charge is 0.272 e. The molecule has 8 heteroatoms. The first-order chi connectivity index (χ1) is 9.90. The van der Waals surface area contributed by atoms with Gasteiger partial charge in [-0.3, -0.25) is 14.3 Å². The van der Waals surface area contributed by atoms with E-state index in [9.17, 15) is 9.59 Å². The molecule has 112 valence electrons. The van der Waals surface area contributed by atoms with Crippen molar-refractivity contribution < 1.29 is 4.79 Å². The first-order valence-electron chi connectivity index (χ1n) is 6.59. The molecule has 2 aromatic rings. The lowest BCUT2D eigenvalue weighted by molar-refractivity contribution is 0.0914. The lowest BCUT2D eigenvalue weighted by Crippen LogP contribution is -2.35. The van der Waals surface area contributed by atoms with E-state index in [4.69, 9.17) is 0 Å². The standard InChI is InChI=1S/C13H18N6O2/c1-8(2)11(12-14-7-15-19(12)4)16-13(21)9-5-6-10(20)18(3)17-9/h5-8,11H,1-4H3,(H,16,21). The highest BCUT2D eigenvalue weighted by Crippen LogP contribution is 2.19. The van der Waals surface area contributed by atoms with Crippen molar-refractivity contribution in [2.24, 2.45) is 20.0 Å². The molecule has 1 unspecified atom stereocenters. The average molecular weight is 290 g/mol. The Morgan fingerprint density at radius 2 is 1.95 bits per heavy atom. The monoisotopic (exact) mass is 290 g/mol. The average Bonchev–Trinajstić information content (AvgIpc) is 2.84. The van der Waals surface area contributed by atoms with Crippen molar-refractivity contribution in [3.05, 3.63) is 40.3 Å². The largest absolute Gasteiger partial charge is 0.340 e. The summed E-state index contributed by atoms with van der Waals surface area (Å²) in [5.41, 5.74) is -0.0785. The van der Waals surface area contributed by atoms with Crippen molar-refractivity contribution in [2.45, 2.75) is 19.9 Å². The van der Waals surface area contributed by atoms with E-state index in [2.05, 4.69) is 20.5 Å². The van der Waals surface area contributed by atoms with Crippen LogP contribution in [0.25, 0.3) is 0 Å². The van der Waals surface area contributed by atoms with E-state index in [-0.39, 0.29) is 29.1 Å². The van der Waals surface area contributed by atoms with Gasteiger partial charge in [0.2, 0.25) is 0 Å². The molecule has 0 saturated carbocycles. The number of hydrogen-bond donors (Lipinski definition) is 1. The second-order valence-corrected chi connectivity index (χ2v) is 5.12. The number of rotatable bonds is 4. The van der Waals surface area contributed by atoms with Crippen LogP contribution >= 0.6 is 0 Å². The summed E-state index contributed by atoms with van der Waals surface area (Å²) in [6.07, 6.45) is 1.45. The van der Waals surface area contributed by atoms with Crippen LogP contribution in [0.15, 0.2) is 23.3 Å². The zero-order chi connectivity index (χ0) is 15.6. The van der Waals surface area contributed by atoms with Crippen molar-refractivity contribution in [1.29, 1.82) is 0 Å². The summed E-state index contributed by atoms with van der Waals surface area (Å²) in [6, 6.07) is 2.43. The summed E-state index contributed by atoms with van der Waals surface area (Å²) in [5, 5.41) is 10.8. The van der Waals surface area contributed by atoms with Gasteiger partial charge in [-0.15, -0.1) is 0 Å². The number of carbonyl (C=O) groups is 1. The van der Waals surface area contributed by atoms with E-state index in [0.717, 1.165) is 4.68 Å². The molecule has 0 aliphatic heterocycles. The number of carbonyl (C=O) groups excluding carboxylic acids is 1. The molecule has 2 heterocycles. The molecule has 2 aromatic heterocycles. The quantitative estimate of drug-likeness (QED) is 0.857. The van der Waals surface area contributed by atoms with Gasteiger partial charge < -0.3 is 5.32 Å². The van der Waals surface area contributed by atoms with Crippen LogP contribution in [0.5, 0.6) is 0 Å². The Hall–Kier alpha value is -2.51. The Labute approximate surface area is 121 Å². The van der Waals surface area contributed by atoms with Crippen LogP contribution in [0.2, 0.25) is 0 Å². The summed E-state index contributed by atoms with van der Waals surface area (Å²) in [6.45, 7) is 3.96. The Kier molecular flexibility index (Phi) is 4.15. The molecule has 0 fully saturated rings. The fourth-order valence-electron chi connectivity index (χ4n) is 1.95. The molecule has 21 heavy (non-hydrogen) atoms. The molecular formula is C13H18N6O2. The van der Waals surface area contributed by atoms with Gasteiger partial charge in [0, 0.05) is 20.2 Å². The number of aromatic nitrogens is 5. The maximum atomic E-state index is 12.3. The van der Waals surface area contributed by atoms with Crippen molar-refractivity contribution >= 4 is 5.91 Å². The Morgan fingerprint density at radius 3 is 2.48 bits per heavy atom. The van der Waals surface area contributed by atoms with Gasteiger partial charge in [-0.25, -0.2) is 9.67 Å². The number of aryl methyl sites for hydroxylation is 2. The maximum absolute atomic E-state index is 12.3. The van der Waals surface area contributed by atoms with E-state index < -0.39 is 0 Å². The maximum Gasteiger partial charge on any atom is 0.272 e. The van der Waals surface area contributed by atoms with Gasteiger partial charge in [0.1, 0.15) is 17.8 Å². The van der Waals surface area contributed by atoms with Gasteiger partial charge in [-0.1, -0.05) is 13.8 Å². The topological polar surface area (TPSA) is 94.7 Å². The molecule has 8 nitrogen and oxygen atoms in total. The van der Waals surface area contributed by atoms with Gasteiger partial charge in [0.15, 0.2) is 0 Å². The Bertz CT molecular complexity index is 703. The summed E-state index contributed by atoms with van der Waals surface area (Å²) in [4.78, 5) is 27.8. The van der Waals surface area contributed by atoms with Crippen LogP contribution in [-0.2, 0) is 14.1 Å². The first kappa shape index (κ1) is 14.9. The number of hydrogen-bond acceptors (Lipinski definition) is 5. The first-order valence-corrected chi connectivity index (χ1v) is 6.59. The molecule has 1 N–H and O–H groups in total. The van der Waals surface area contributed by atoms with E-state index >= 15 is 0 Å². The molecule has 0 aliphatic carbocycles. The molecule has 0 bridgehead atoms. The summed E-state index contributed by atoms with van der Waals surface area (Å²) in [5.74, 6) is 0.444. The van der Waals surface area contributed by atoms with E-state index in [1.54, 1.807) is 11.7 Å². The number of amides is 1. The summed E-state index contributed by atoms with van der Waals surface area (Å²) in [7, 11) is 3.27. The second kappa shape index (κ2) is 5.86. The van der Waals surface area contributed by atoms with Crippen molar-refractivity contribution in [2.75, 3.05) is 0 Å². The van der Waals surface area contributed by atoms with Gasteiger partial charge in [0.05, 0.1) is 6.04 Å². The van der Waals surface area contributed by atoms with Crippen LogP contribution < -0.4 is 10.9 Å². The van der Waals surface area contributed by atoms with E-state index in [1.165, 1.54) is 25.5 Å². The minimum Gasteiger partial charge on any atom is -0.340 e. The third-order valence-corrected chi connectivity index (χ3v) is 3.17. The number of nitrogens with one attached hydrogen (secondary N) is 1. The molecule has 0 spiro atoms. The Balaban J connectivity index is 2.25. The zero-order valence-corrected chi connectivity index (χ0v) is 12.4. The lowest BCUT2D eigenvalue weighted by atomic mass is 10.0. The second-order valence-electron chi connectivity index (χ2n) is 5.12.